The first-order valence-electron chi connectivity index (χ1n) is 6.66. The fraction of sp³-hybridized carbons (Fsp3) is 0.571. The van der Waals surface area contributed by atoms with Gasteiger partial charge in [-0.1, -0.05) is 12.1 Å². The Bertz CT molecular complexity index is 372. The number of nitrogens with one attached hydrogen (secondary N) is 1. The molecule has 2 aliphatic rings. The number of nitrogens with zero attached hydrogens (tertiary/aromatic N) is 1. The van der Waals surface area contributed by atoms with Crippen molar-refractivity contribution in [2.45, 2.75) is 12.6 Å². The predicted molar refractivity (Wildman–Crippen MR) is 76.3 cm³/mol. The first kappa shape index (κ1) is 12.3. The Labute approximate surface area is 113 Å². The minimum absolute atomic E-state index is 0.439. The molecule has 0 spiro atoms. The maximum Gasteiger partial charge on any atom is 0.119 e. The van der Waals surface area contributed by atoms with E-state index in [1.807, 2.05) is 11.8 Å². The molecule has 0 atom stereocenters. The Balaban J connectivity index is 1.52. The molecule has 1 N–H and O–H groups in total. The Kier molecular flexibility index (Phi) is 4.08. The van der Waals surface area contributed by atoms with Crippen molar-refractivity contribution in [1.82, 2.24) is 10.2 Å². The Morgan fingerprint density at radius 1 is 1.17 bits per heavy atom. The Hall–Kier alpha value is -0.710. The van der Waals surface area contributed by atoms with Crippen LogP contribution in [0.1, 0.15) is 5.56 Å². The highest BCUT2D eigenvalue weighted by atomic mass is 32.2. The van der Waals surface area contributed by atoms with Crippen molar-refractivity contribution in [3.8, 4) is 5.75 Å². The van der Waals surface area contributed by atoms with E-state index in [1.165, 1.54) is 5.56 Å². The molecule has 1 aromatic carbocycles. The predicted octanol–water partition coefficient (Wildman–Crippen LogP) is 1.59. The van der Waals surface area contributed by atoms with Gasteiger partial charge >= 0.3 is 0 Å². The normalized spacial score (nSPS) is 21.6. The van der Waals surface area contributed by atoms with Gasteiger partial charge in [0.1, 0.15) is 11.9 Å². The summed E-state index contributed by atoms with van der Waals surface area (Å²) in [5.74, 6) is 3.30. The van der Waals surface area contributed by atoms with Crippen molar-refractivity contribution in [2.75, 3.05) is 37.7 Å². The van der Waals surface area contributed by atoms with Gasteiger partial charge < -0.3 is 10.1 Å². The molecule has 1 aromatic rings. The molecule has 0 saturated carbocycles. The SMILES string of the molecule is c1cc(OC2CSC2)ccc1CN1CCNCC1. The Morgan fingerprint density at radius 2 is 1.89 bits per heavy atom. The van der Waals surface area contributed by atoms with E-state index >= 15 is 0 Å². The van der Waals surface area contributed by atoms with Crippen LogP contribution >= 0.6 is 11.8 Å². The van der Waals surface area contributed by atoms with Crippen LogP contribution in [0.4, 0.5) is 0 Å². The molecule has 0 aliphatic carbocycles. The minimum Gasteiger partial charge on any atom is -0.489 e. The van der Waals surface area contributed by atoms with E-state index in [2.05, 4.69) is 34.5 Å². The molecule has 18 heavy (non-hydrogen) atoms. The number of hydrogen-bond acceptors (Lipinski definition) is 4. The van der Waals surface area contributed by atoms with Gasteiger partial charge in [-0.05, 0) is 17.7 Å². The van der Waals surface area contributed by atoms with Gasteiger partial charge in [-0.15, -0.1) is 0 Å². The van der Waals surface area contributed by atoms with E-state index in [1.54, 1.807) is 0 Å². The fourth-order valence-electron chi connectivity index (χ4n) is 2.28. The lowest BCUT2D eigenvalue weighted by Gasteiger charge is -2.27. The average Bonchev–Trinajstić information content (AvgIpc) is 2.37. The van der Waals surface area contributed by atoms with Gasteiger partial charge in [0, 0.05) is 44.2 Å². The maximum absolute atomic E-state index is 5.85. The molecule has 2 fully saturated rings. The zero-order valence-corrected chi connectivity index (χ0v) is 11.4. The highest BCUT2D eigenvalue weighted by Crippen LogP contribution is 2.24. The summed E-state index contributed by atoms with van der Waals surface area (Å²) in [7, 11) is 0. The van der Waals surface area contributed by atoms with Crippen LogP contribution in [0.25, 0.3) is 0 Å². The van der Waals surface area contributed by atoms with Crippen molar-refractivity contribution < 1.29 is 4.74 Å². The standard InChI is InChI=1S/C14H20N2OS/c1-3-13(17-14-10-18-11-14)4-2-12(1)9-16-7-5-15-6-8-16/h1-4,14-15H,5-11H2. The lowest BCUT2D eigenvalue weighted by atomic mass is 10.2. The van der Waals surface area contributed by atoms with Crippen LogP contribution in [0.5, 0.6) is 5.75 Å². The maximum atomic E-state index is 5.85. The molecule has 2 saturated heterocycles. The van der Waals surface area contributed by atoms with Crippen molar-refractivity contribution in [1.29, 1.82) is 0 Å². The lowest BCUT2D eigenvalue weighted by molar-refractivity contribution is 0.231. The summed E-state index contributed by atoms with van der Waals surface area (Å²) >= 11 is 1.95. The molecular weight excluding hydrogens is 244 g/mol. The fourth-order valence-corrected chi connectivity index (χ4v) is 2.84. The summed E-state index contributed by atoms with van der Waals surface area (Å²) in [6.45, 7) is 5.58. The summed E-state index contributed by atoms with van der Waals surface area (Å²) < 4.78 is 5.85. The summed E-state index contributed by atoms with van der Waals surface area (Å²) in [6, 6.07) is 8.62. The number of hydrogen-bond donors (Lipinski definition) is 1. The van der Waals surface area contributed by atoms with E-state index < -0.39 is 0 Å². The van der Waals surface area contributed by atoms with Crippen molar-refractivity contribution in [3.05, 3.63) is 29.8 Å². The minimum atomic E-state index is 0.439. The second-order valence-corrected chi connectivity index (χ2v) is 6.02. The van der Waals surface area contributed by atoms with E-state index in [-0.39, 0.29) is 0 Å². The third-order valence-corrected chi connectivity index (χ3v) is 4.66. The topological polar surface area (TPSA) is 24.5 Å². The molecular formula is C14H20N2OS. The lowest BCUT2D eigenvalue weighted by Crippen LogP contribution is -2.42. The van der Waals surface area contributed by atoms with Gasteiger partial charge in [0.25, 0.3) is 0 Å². The highest BCUT2D eigenvalue weighted by Gasteiger charge is 2.19. The average molecular weight is 264 g/mol. The third-order valence-electron chi connectivity index (χ3n) is 3.45. The van der Waals surface area contributed by atoms with Gasteiger partial charge in [0.2, 0.25) is 0 Å². The van der Waals surface area contributed by atoms with E-state index in [4.69, 9.17) is 4.74 Å². The molecule has 0 bridgehead atoms. The molecule has 0 radical (unpaired) electrons. The van der Waals surface area contributed by atoms with Crippen molar-refractivity contribution in [2.24, 2.45) is 0 Å². The second-order valence-electron chi connectivity index (χ2n) is 4.95. The Morgan fingerprint density at radius 3 is 2.50 bits per heavy atom. The van der Waals surface area contributed by atoms with Crippen molar-refractivity contribution >= 4 is 11.8 Å². The number of rotatable bonds is 4. The summed E-state index contributed by atoms with van der Waals surface area (Å²) in [5, 5.41) is 3.38. The van der Waals surface area contributed by atoms with Gasteiger partial charge in [-0.3, -0.25) is 4.90 Å². The number of benzene rings is 1. The van der Waals surface area contributed by atoms with Crippen LogP contribution in [0, 0.1) is 0 Å². The number of thioether (sulfide) groups is 1. The van der Waals surface area contributed by atoms with Gasteiger partial charge in [0.05, 0.1) is 0 Å². The third kappa shape index (κ3) is 3.19. The van der Waals surface area contributed by atoms with E-state index in [9.17, 15) is 0 Å². The molecule has 3 rings (SSSR count). The van der Waals surface area contributed by atoms with Gasteiger partial charge in [-0.2, -0.15) is 11.8 Å². The van der Waals surface area contributed by atoms with Crippen LogP contribution in [-0.2, 0) is 6.54 Å². The van der Waals surface area contributed by atoms with Gasteiger partial charge in [0.15, 0.2) is 0 Å². The van der Waals surface area contributed by atoms with Crippen LogP contribution in [0.15, 0.2) is 24.3 Å². The molecule has 2 heterocycles. The van der Waals surface area contributed by atoms with E-state index in [0.29, 0.717) is 6.10 Å². The van der Waals surface area contributed by atoms with Crippen LogP contribution in [-0.4, -0.2) is 48.7 Å². The highest BCUT2D eigenvalue weighted by molar-refractivity contribution is 8.00. The summed E-state index contributed by atoms with van der Waals surface area (Å²) in [4.78, 5) is 2.49. The number of ether oxygens (including phenoxy) is 1. The zero-order valence-electron chi connectivity index (χ0n) is 10.6. The molecule has 98 valence electrons. The quantitative estimate of drug-likeness (QED) is 0.892. The molecule has 0 unspecified atom stereocenters. The molecule has 0 amide bonds. The summed E-state index contributed by atoms with van der Waals surface area (Å²) in [6.07, 6.45) is 0.439. The smallest absolute Gasteiger partial charge is 0.119 e. The first-order valence-corrected chi connectivity index (χ1v) is 7.82. The van der Waals surface area contributed by atoms with Gasteiger partial charge in [-0.25, -0.2) is 0 Å². The molecule has 0 aromatic heterocycles. The monoisotopic (exact) mass is 264 g/mol. The van der Waals surface area contributed by atoms with Crippen LogP contribution in [0.2, 0.25) is 0 Å². The number of piperazine rings is 1. The molecule has 2 aliphatic heterocycles. The zero-order chi connectivity index (χ0) is 12.2. The van der Waals surface area contributed by atoms with Crippen LogP contribution in [0.3, 0.4) is 0 Å². The van der Waals surface area contributed by atoms with Crippen LogP contribution < -0.4 is 10.1 Å². The largest absolute Gasteiger partial charge is 0.489 e. The van der Waals surface area contributed by atoms with Crippen molar-refractivity contribution in [3.63, 3.8) is 0 Å². The first-order chi connectivity index (χ1) is 8.90. The molecule has 4 heteroatoms. The molecule has 3 nitrogen and oxygen atoms in total. The second kappa shape index (κ2) is 5.95. The van der Waals surface area contributed by atoms with E-state index in [0.717, 1.165) is 50.0 Å². The summed E-state index contributed by atoms with van der Waals surface area (Å²) in [5.41, 5.74) is 1.38.